The number of aromatic nitrogens is 1. The normalized spacial score (nSPS) is 21.7. The summed E-state index contributed by atoms with van der Waals surface area (Å²) >= 11 is 0. The molecule has 1 spiro atoms. The molecule has 0 unspecified atom stereocenters. The zero-order valence-electron chi connectivity index (χ0n) is 12.8. The summed E-state index contributed by atoms with van der Waals surface area (Å²) in [5, 5.41) is 3.74. The molecule has 1 atom stereocenters. The maximum atomic E-state index is 6.30. The first kappa shape index (κ1) is 13.8. The van der Waals surface area contributed by atoms with Gasteiger partial charge in [0.05, 0.1) is 0 Å². The molecule has 22 heavy (non-hydrogen) atoms. The van der Waals surface area contributed by atoms with Crippen LogP contribution in [0.4, 0.5) is 0 Å². The molecule has 0 bridgehead atoms. The zero-order chi connectivity index (χ0) is 14.8. The Morgan fingerprint density at radius 3 is 2.86 bits per heavy atom. The second kappa shape index (κ2) is 5.73. The van der Waals surface area contributed by atoms with Crippen molar-refractivity contribution in [2.75, 3.05) is 6.54 Å². The van der Waals surface area contributed by atoms with Crippen molar-refractivity contribution in [2.45, 2.75) is 43.7 Å². The van der Waals surface area contributed by atoms with Gasteiger partial charge in [-0.1, -0.05) is 24.3 Å². The first-order valence-electron chi connectivity index (χ1n) is 8.25. The summed E-state index contributed by atoms with van der Waals surface area (Å²) < 4.78 is 6.30. The fourth-order valence-corrected chi connectivity index (χ4v) is 3.61. The smallest absolute Gasteiger partial charge is 0.124 e. The number of hydrogen-bond donors (Lipinski definition) is 1. The molecule has 1 saturated carbocycles. The summed E-state index contributed by atoms with van der Waals surface area (Å²) in [6.45, 7) is 0.973. The van der Waals surface area contributed by atoms with Gasteiger partial charge in [-0.3, -0.25) is 4.98 Å². The SMILES string of the molecule is c1cncc(CCN[C@H]2CC3(CCC3)Oc3ccccc32)c1. The molecule has 1 N–H and O–H groups in total. The van der Waals surface area contributed by atoms with Gasteiger partial charge in [0, 0.05) is 30.4 Å². The van der Waals surface area contributed by atoms with E-state index in [1.807, 2.05) is 18.5 Å². The van der Waals surface area contributed by atoms with Crippen LogP contribution in [0.5, 0.6) is 5.75 Å². The van der Waals surface area contributed by atoms with Crippen LogP contribution in [0.3, 0.4) is 0 Å². The maximum Gasteiger partial charge on any atom is 0.124 e. The average Bonchev–Trinajstić information content (AvgIpc) is 2.54. The molecular formula is C19H22N2O. The molecule has 114 valence electrons. The standard InChI is InChI=1S/C19H22N2O/c1-2-7-18-16(6-1)17(13-19(22-18)9-4-10-19)21-12-8-15-5-3-11-20-14-15/h1-3,5-7,11,14,17,21H,4,8-10,12-13H2/t17-/m0/s1. The van der Waals surface area contributed by atoms with E-state index in [4.69, 9.17) is 4.74 Å². The van der Waals surface area contributed by atoms with Crippen LogP contribution >= 0.6 is 0 Å². The Morgan fingerprint density at radius 2 is 2.09 bits per heavy atom. The molecule has 0 amide bonds. The van der Waals surface area contributed by atoms with Crippen LogP contribution in [0.15, 0.2) is 48.8 Å². The Morgan fingerprint density at radius 1 is 1.18 bits per heavy atom. The first-order valence-corrected chi connectivity index (χ1v) is 8.25. The van der Waals surface area contributed by atoms with Gasteiger partial charge in [0.15, 0.2) is 0 Å². The topological polar surface area (TPSA) is 34.2 Å². The summed E-state index contributed by atoms with van der Waals surface area (Å²) in [5.41, 5.74) is 2.69. The van der Waals surface area contributed by atoms with Gasteiger partial charge >= 0.3 is 0 Å². The second-order valence-electron chi connectivity index (χ2n) is 6.50. The molecule has 2 heterocycles. The van der Waals surface area contributed by atoms with Crippen molar-refractivity contribution in [2.24, 2.45) is 0 Å². The van der Waals surface area contributed by atoms with Crippen LogP contribution in [0.2, 0.25) is 0 Å². The molecular weight excluding hydrogens is 272 g/mol. The minimum Gasteiger partial charge on any atom is -0.487 e. The average molecular weight is 294 g/mol. The number of nitrogens with zero attached hydrogens (tertiary/aromatic N) is 1. The highest BCUT2D eigenvalue weighted by atomic mass is 16.5. The number of fused-ring (bicyclic) bond motifs is 1. The quantitative estimate of drug-likeness (QED) is 0.934. The number of ether oxygens (including phenoxy) is 1. The molecule has 1 aromatic heterocycles. The summed E-state index contributed by atoms with van der Waals surface area (Å²) in [6, 6.07) is 13.0. The minimum absolute atomic E-state index is 0.0975. The first-order chi connectivity index (χ1) is 10.8. The molecule has 2 aromatic rings. The molecule has 2 aliphatic rings. The van der Waals surface area contributed by atoms with Crippen LogP contribution < -0.4 is 10.1 Å². The molecule has 4 rings (SSSR count). The lowest BCUT2D eigenvalue weighted by molar-refractivity contribution is -0.0368. The van der Waals surface area contributed by atoms with Crippen molar-refractivity contribution in [1.82, 2.24) is 10.3 Å². The van der Waals surface area contributed by atoms with Gasteiger partial charge in [-0.15, -0.1) is 0 Å². The van der Waals surface area contributed by atoms with E-state index in [9.17, 15) is 0 Å². The number of benzene rings is 1. The van der Waals surface area contributed by atoms with Gasteiger partial charge in [-0.2, -0.15) is 0 Å². The van der Waals surface area contributed by atoms with Gasteiger partial charge in [0.1, 0.15) is 11.4 Å². The third-order valence-electron chi connectivity index (χ3n) is 4.99. The van der Waals surface area contributed by atoms with E-state index >= 15 is 0 Å². The lowest BCUT2D eigenvalue weighted by Crippen LogP contribution is -2.49. The Kier molecular flexibility index (Phi) is 3.59. The predicted molar refractivity (Wildman–Crippen MR) is 87.0 cm³/mol. The Hall–Kier alpha value is -1.87. The highest BCUT2D eigenvalue weighted by Gasteiger charge is 2.45. The van der Waals surface area contributed by atoms with Gasteiger partial charge in [-0.05, 0) is 49.9 Å². The van der Waals surface area contributed by atoms with E-state index < -0.39 is 0 Å². The van der Waals surface area contributed by atoms with E-state index in [1.165, 1.54) is 30.4 Å². The Bertz CT molecular complexity index is 637. The fourth-order valence-electron chi connectivity index (χ4n) is 3.61. The van der Waals surface area contributed by atoms with Crippen molar-refractivity contribution in [3.05, 3.63) is 59.9 Å². The Balaban J connectivity index is 1.46. The van der Waals surface area contributed by atoms with Crippen molar-refractivity contribution in [3.8, 4) is 5.75 Å². The predicted octanol–water partition coefficient (Wildman–Crippen LogP) is 3.66. The summed E-state index contributed by atoms with van der Waals surface area (Å²) in [4.78, 5) is 4.18. The fraction of sp³-hybridized carbons (Fsp3) is 0.421. The molecule has 0 saturated heterocycles. The van der Waals surface area contributed by atoms with Crippen molar-refractivity contribution in [1.29, 1.82) is 0 Å². The van der Waals surface area contributed by atoms with Crippen LogP contribution in [0, 0.1) is 0 Å². The Labute approximate surface area is 131 Å². The van der Waals surface area contributed by atoms with Crippen molar-refractivity contribution >= 4 is 0 Å². The summed E-state index contributed by atoms with van der Waals surface area (Å²) in [7, 11) is 0. The van der Waals surface area contributed by atoms with Crippen molar-refractivity contribution in [3.63, 3.8) is 0 Å². The van der Waals surface area contributed by atoms with E-state index in [2.05, 4.69) is 40.6 Å². The molecule has 1 aliphatic heterocycles. The summed E-state index contributed by atoms with van der Waals surface area (Å²) in [6.07, 6.45) is 9.57. The molecule has 1 aliphatic carbocycles. The van der Waals surface area contributed by atoms with Gasteiger partial charge in [0.25, 0.3) is 0 Å². The zero-order valence-corrected chi connectivity index (χ0v) is 12.8. The number of pyridine rings is 1. The van der Waals surface area contributed by atoms with Crippen LogP contribution in [-0.2, 0) is 6.42 Å². The summed E-state index contributed by atoms with van der Waals surface area (Å²) in [5.74, 6) is 1.08. The molecule has 3 nitrogen and oxygen atoms in total. The lowest BCUT2D eigenvalue weighted by Gasteiger charge is -2.48. The lowest BCUT2D eigenvalue weighted by atomic mass is 9.73. The van der Waals surface area contributed by atoms with E-state index in [0.717, 1.165) is 25.1 Å². The molecule has 1 aromatic carbocycles. The number of para-hydroxylation sites is 1. The third-order valence-corrected chi connectivity index (χ3v) is 4.99. The number of nitrogens with one attached hydrogen (secondary N) is 1. The minimum atomic E-state index is 0.0975. The van der Waals surface area contributed by atoms with E-state index in [-0.39, 0.29) is 5.60 Å². The molecule has 1 fully saturated rings. The molecule has 0 radical (unpaired) electrons. The maximum absolute atomic E-state index is 6.30. The third kappa shape index (κ3) is 2.61. The van der Waals surface area contributed by atoms with E-state index in [1.54, 1.807) is 0 Å². The van der Waals surface area contributed by atoms with Crippen LogP contribution in [0.25, 0.3) is 0 Å². The largest absolute Gasteiger partial charge is 0.487 e. The highest BCUT2D eigenvalue weighted by molar-refractivity contribution is 5.39. The van der Waals surface area contributed by atoms with E-state index in [0.29, 0.717) is 6.04 Å². The highest BCUT2D eigenvalue weighted by Crippen LogP contribution is 2.48. The van der Waals surface area contributed by atoms with Crippen LogP contribution in [-0.4, -0.2) is 17.1 Å². The van der Waals surface area contributed by atoms with Gasteiger partial charge in [0.2, 0.25) is 0 Å². The van der Waals surface area contributed by atoms with Crippen LogP contribution in [0.1, 0.15) is 42.9 Å². The van der Waals surface area contributed by atoms with Crippen molar-refractivity contribution < 1.29 is 4.74 Å². The van der Waals surface area contributed by atoms with Gasteiger partial charge < -0.3 is 10.1 Å². The van der Waals surface area contributed by atoms with Gasteiger partial charge in [-0.25, -0.2) is 0 Å². The second-order valence-corrected chi connectivity index (χ2v) is 6.50. The monoisotopic (exact) mass is 294 g/mol. The molecule has 3 heteroatoms. The number of rotatable bonds is 4. The number of hydrogen-bond acceptors (Lipinski definition) is 3.